The summed E-state index contributed by atoms with van der Waals surface area (Å²) in [6.07, 6.45) is 1.80. The normalized spacial score (nSPS) is 10.6. The Labute approximate surface area is 163 Å². The number of hydrogen-bond acceptors (Lipinski definition) is 5. The highest BCUT2D eigenvalue weighted by molar-refractivity contribution is 5.90. The number of aromatic amines is 1. The topological polar surface area (TPSA) is 96.1 Å². The molecule has 3 aromatic rings. The van der Waals surface area contributed by atoms with Gasteiger partial charge < -0.3 is 15.4 Å². The second kappa shape index (κ2) is 9.55. The SMILES string of the molecule is COc1ccccc1CCC(=O)NCCCNc1n[nH]c(=O)c2ccccc12. The van der Waals surface area contributed by atoms with Crippen molar-refractivity contribution in [3.05, 3.63) is 64.4 Å². The summed E-state index contributed by atoms with van der Waals surface area (Å²) in [5.41, 5.74) is 0.821. The van der Waals surface area contributed by atoms with Crippen molar-refractivity contribution in [3.63, 3.8) is 0 Å². The zero-order chi connectivity index (χ0) is 19.8. The molecule has 1 heterocycles. The molecule has 0 aliphatic carbocycles. The number of carbonyl (C=O) groups is 1. The summed E-state index contributed by atoms with van der Waals surface area (Å²) in [4.78, 5) is 23.8. The molecule has 0 saturated carbocycles. The number of nitrogens with zero attached hydrogens (tertiary/aromatic N) is 1. The minimum atomic E-state index is -0.205. The van der Waals surface area contributed by atoms with Gasteiger partial charge in [-0.15, -0.1) is 0 Å². The molecule has 7 nitrogen and oxygen atoms in total. The van der Waals surface area contributed by atoms with Crippen molar-refractivity contribution >= 4 is 22.5 Å². The molecule has 3 N–H and O–H groups in total. The van der Waals surface area contributed by atoms with E-state index in [2.05, 4.69) is 20.8 Å². The molecule has 3 rings (SSSR count). The van der Waals surface area contributed by atoms with Gasteiger partial charge in [0.05, 0.1) is 12.5 Å². The number of H-pyrrole nitrogens is 1. The summed E-state index contributed by atoms with van der Waals surface area (Å²) in [7, 11) is 1.63. The first-order valence-corrected chi connectivity index (χ1v) is 9.29. The molecule has 0 fully saturated rings. The minimum absolute atomic E-state index is 0.0125. The van der Waals surface area contributed by atoms with Gasteiger partial charge in [0.2, 0.25) is 5.91 Å². The fraction of sp³-hybridized carbons (Fsp3) is 0.286. The number of rotatable bonds is 9. The predicted octanol–water partition coefficient (Wildman–Crippen LogP) is 2.48. The fourth-order valence-electron chi connectivity index (χ4n) is 3.02. The predicted molar refractivity (Wildman–Crippen MR) is 110 cm³/mol. The van der Waals surface area contributed by atoms with Gasteiger partial charge in [0.1, 0.15) is 5.75 Å². The van der Waals surface area contributed by atoms with Crippen LogP contribution >= 0.6 is 0 Å². The molecule has 0 unspecified atom stereocenters. The first kappa shape index (κ1) is 19.4. The van der Waals surface area contributed by atoms with E-state index in [1.54, 1.807) is 13.2 Å². The van der Waals surface area contributed by atoms with Gasteiger partial charge >= 0.3 is 0 Å². The van der Waals surface area contributed by atoms with Gasteiger partial charge in [-0.25, -0.2) is 5.10 Å². The maximum absolute atomic E-state index is 12.0. The number of methoxy groups -OCH3 is 1. The van der Waals surface area contributed by atoms with E-state index in [9.17, 15) is 9.59 Å². The summed E-state index contributed by atoms with van der Waals surface area (Å²) in [6, 6.07) is 15.0. The molecule has 0 spiro atoms. The second-order valence-corrected chi connectivity index (χ2v) is 6.39. The molecule has 1 aromatic heterocycles. The Bertz CT molecular complexity index is 1000. The van der Waals surface area contributed by atoms with E-state index in [4.69, 9.17) is 4.74 Å². The van der Waals surface area contributed by atoms with Crippen LogP contribution in [0, 0.1) is 0 Å². The van der Waals surface area contributed by atoms with E-state index in [0.29, 0.717) is 37.1 Å². The van der Waals surface area contributed by atoms with Crippen LogP contribution in [0.1, 0.15) is 18.4 Å². The van der Waals surface area contributed by atoms with Gasteiger partial charge in [0.15, 0.2) is 5.82 Å². The number of nitrogens with one attached hydrogen (secondary N) is 3. The Hall–Kier alpha value is -3.35. The third-order valence-corrected chi connectivity index (χ3v) is 4.48. The average molecular weight is 380 g/mol. The Balaban J connectivity index is 1.41. The lowest BCUT2D eigenvalue weighted by Gasteiger charge is -2.10. The van der Waals surface area contributed by atoms with Crippen LogP contribution in [-0.4, -0.2) is 36.3 Å². The van der Waals surface area contributed by atoms with E-state index in [-0.39, 0.29) is 11.5 Å². The number of carbonyl (C=O) groups excluding carboxylic acids is 1. The lowest BCUT2D eigenvalue weighted by atomic mass is 10.1. The number of hydrogen-bond donors (Lipinski definition) is 3. The zero-order valence-corrected chi connectivity index (χ0v) is 15.8. The van der Waals surface area contributed by atoms with Crippen LogP contribution in [0.15, 0.2) is 53.3 Å². The monoisotopic (exact) mass is 380 g/mol. The largest absolute Gasteiger partial charge is 0.496 e. The van der Waals surface area contributed by atoms with E-state index >= 15 is 0 Å². The van der Waals surface area contributed by atoms with Crippen molar-refractivity contribution in [2.45, 2.75) is 19.3 Å². The summed E-state index contributed by atoms with van der Waals surface area (Å²) in [5, 5.41) is 14.1. The maximum Gasteiger partial charge on any atom is 0.272 e. The van der Waals surface area contributed by atoms with Crippen LogP contribution in [0.5, 0.6) is 5.75 Å². The molecule has 0 saturated heterocycles. The van der Waals surface area contributed by atoms with Crippen LogP contribution in [0.25, 0.3) is 10.8 Å². The number of fused-ring (bicyclic) bond motifs is 1. The van der Waals surface area contributed by atoms with E-state index < -0.39 is 0 Å². The van der Waals surface area contributed by atoms with Gasteiger partial charge in [-0.05, 0) is 30.5 Å². The summed E-state index contributed by atoms with van der Waals surface area (Å²) < 4.78 is 5.30. The summed E-state index contributed by atoms with van der Waals surface area (Å²) >= 11 is 0. The van der Waals surface area contributed by atoms with Gasteiger partial charge in [0.25, 0.3) is 5.56 Å². The van der Waals surface area contributed by atoms with Crippen molar-refractivity contribution in [1.29, 1.82) is 0 Å². The Morgan fingerprint density at radius 2 is 1.82 bits per heavy atom. The number of anilines is 1. The van der Waals surface area contributed by atoms with Gasteiger partial charge in [-0.2, -0.15) is 5.10 Å². The summed E-state index contributed by atoms with van der Waals surface area (Å²) in [5.74, 6) is 1.45. The van der Waals surface area contributed by atoms with Crippen molar-refractivity contribution in [2.24, 2.45) is 0 Å². The third kappa shape index (κ3) is 4.88. The number of aromatic nitrogens is 2. The van der Waals surface area contributed by atoms with E-state index in [1.165, 1.54) is 0 Å². The quantitative estimate of drug-likeness (QED) is 0.496. The molecular formula is C21H24N4O3. The highest BCUT2D eigenvalue weighted by atomic mass is 16.5. The molecule has 0 aliphatic rings. The van der Waals surface area contributed by atoms with Crippen LogP contribution in [0.2, 0.25) is 0 Å². The molecule has 146 valence electrons. The van der Waals surface area contributed by atoms with Crippen LogP contribution in [0.3, 0.4) is 0 Å². The first-order chi connectivity index (χ1) is 13.7. The van der Waals surface area contributed by atoms with Crippen LogP contribution in [-0.2, 0) is 11.2 Å². The number of ether oxygens (including phenoxy) is 1. The molecule has 0 atom stereocenters. The molecule has 1 amide bonds. The Kier molecular flexibility index (Phi) is 6.62. The molecule has 0 radical (unpaired) electrons. The number of benzene rings is 2. The zero-order valence-electron chi connectivity index (χ0n) is 15.8. The molecule has 28 heavy (non-hydrogen) atoms. The Morgan fingerprint density at radius 3 is 2.64 bits per heavy atom. The van der Waals surface area contributed by atoms with E-state index in [1.807, 2.05) is 42.5 Å². The smallest absolute Gasteiger partial charge is 0.272 e. The third-order valence-electron chi connectivity index (χ3n) is 4.48. The molecule has 7 heteroatoms. The first-order valence-electron chi connectivity index (χ1n) is 9.29. The van der Waals surface area contributed by atoms with Crippen LogP contribution in [0.4, 0.5) is 5.82 Å². The van der Waals surface area contributed by atoms with E-state index in [0.717, 1.165) is 23.1 Å². The number of para-hydroxylation sites is 1. The van der Waals surface area contributed by atoms with Crippen LogP contribution < -0.4 is 20.9 Å². The second-order valence-electron chi connectivity index (χ2n) is 6.39. The van der Waals surface area contributed by atoms with Gasteiger partial charge in [-0.3, -0.25) is 9.59 Å². The van der Waals surface area contributed by atoms with Crippen molar-refractivity contribution < 1.29 is 9.53 Å². The van der Waals surface area contributed by atoms with Gasteiger partial charge in [-0.1, -0.05) is 36.4 Å². The minimum Gasteiger partial charge on any atom is -0.496 e. The molecule has 2 aromatic carbocycles. The molecule has 0 bridgehead atoms. The standard InChI is InChI=1S/C21H24N4O3/c1-28-18-10-5-2-7-15(18)11-12-19(26)22-13-6-14-23-20-16-8-3-4-9-17(16)21(27)25-24-20/h2-5,7-10H,6,11-14H2,1H3,(H,22,26)(H,23,24)(H,25,27). The summed E-state index contributed by atoms with van der Waals surface area (Å²) in [6.45, 7) is 1.20. The molecular weight excluding hydrogens is 356 g/mol. The van der Waals surface area contributed by atoms with Crippen molar-refractivity contribution in [1.82, 2.24) is 15.5 Å². The number of aryl methyl sites for hydroxylation is 1. The maximum atomic E-state index is 12.0. The average Bonchev–Trinajstić information content (AvgIpc) is 2.74. The Morgan fingerprint density at radius 1 is 1.07 bits per heavy atom. The molecule has 0 aliphatic heterocycles. The lowest BCUT2D eigenvalue weighted by Crippen LogP contribution is -2.26. The van der Waals surface area contributed by atoms with Crippen molar-refractivity contribution in [2.75, 3.05) is 25.5 Å². The van der Waals surface area contributed by atoms with Crippen molar-refractivity contribution in [3.8, 4) is 5.75 Å². The highest BCUT2D eigenvalue weighted by Crippen LogP contribution is 2.19. The number of amides is 1. The fourth-order valence-corrected chi connectivity index (χ4v) is 3.02. The lowest BCUT2D eigenvalue weighted by molar-refractivity contribution is -0.121. The van der Waals surface area contributed by atoms with Gasteiger partial charge in [0, 0.05) is 24.9 Å². The highest BCUT2D eigenvalue weighted by Gasteiger charge is 2.07.